The van der Waals surface area contributed by atoms with Gasteiger partial charge in [-0.2, -0.15) is 0 Å². The minimum atomic E-state index is -0.429. The summed E-state index contributed by atoms with van der Waals surface area (Å²) in [7, 11) is 1.59. The molecule has 0 aromatic rings. The third-order valence-corrected chi connectivity index (χ3v) is 2.95. The van der Waals surface area contributed by atoms with E-state index >= 15 is 0 Å². The summed E-state index contributed by atoms with van der Waals surface area (Å²) in [6.45, 7) is 9.79. The molecule has 2 atom stereocenters. The number of amides is 2. The molecule has 0 saturated carbocycles. The van der Waals surface area contributed by atoms with Gasteiger partial charge >= 0.3 is 0 Å². The monoisotopic (exact) mass is 254 g/mol. The summed E-state index contributed by atoms with van der Waals surface area (Å²) < 4.78 is 0. The van der Waals surface area contributed by atoms with Crippen LogP contribution in [0, 0.1) is 17.3 Å². The predicted molar refractivity (Wildman–Crippen MR) is 73.7 cm³/mol. The second kappa shape index (κ2) is 7.19. The van der Waals surface area contributed by atoms with Gasteiger partial charge in [0.15, 0.2) is 0 Å². The minimum Gasteiger partial charge on any atom is -0.369 e. The number of carbonyl (C=O) groups excluding carboxylic acids is 2. The lowest BCUT2D eigenvalue weighted by Gasteiger charge is -2.29. The van der Waals surface area contributed by atoms with Gasteiger partial charge in [-0.3, -0.25) is 9.59 Å². The van der Waals surface area contributed by atoms with Crippen molar-refractivity contribution in [1.82, 2.24) is 5.32 Å². The van der Waals surface area contributed by atoms with E-state index < -0.39 is 11.8 Å². The predicted octanol–water partition coefficient (Wildman–Crippen LogP) is 1.85. The lowest BCUT2D eigenvalue weighted by Crippen LogP contribution is -2.41. The fourth-order valence-electron chi connectivity index (χ4n) is 2.10. The maximum absolute atomic E-state index is 12.0. The number of carbonyl (C=O) groups is 2. The van der Waals surface area contributed by atoms with E-state index in [0.717, 1.165) is 0 Å². The van der Waals surface area contributed by atoms with Crippen LogP contribution in [-0.2, 0) is 9.59 Å². The van der Waals surface area contributed by atoms with Crippen LogP contribution < -0.4 is 11.1 Å². The van der Waals surface area contributed by atoms with Crippen molar-refractivity contribution in [1.29, 1.82) is 0 Å². The first-order valence-corrected chi connectivity index (χ1v) is 6.34. The first-order chi connectivity index (χ1) is 8.22. The zero-order valence-corrected chi connectivity index (χ0v) is 12.0. The number of hydrogen-bond donors (Lipinski definition) is 2. The molecule has 0 aromatic carbocycles. The molecule has 0 bridgehead atoms. The van der Waals surface area contributed by atoms with Gasteiger partial charge in [-0.15, -0.1) is 6.58 Å². The highest BCUT2D eigenvalue weighted by Gasteiger charge is 2.34. The molecule has 4 heteroatoms. The van der Waals surface area contributed by atoms with Crippen LogP contribution in [0.3, 0.4) is 0 Å². The maximum atomic E-state index is 12.0. The molecule has 0 aliphatic rings. The third kappa shape index (κ3) is 5.84. The first-order valence-electron chi connectivity index (χ1n) is 6.34. The van der Waals surface area contributed by atoms with Crippen molar-refractivity contribution >= 4 is 11.8 Å². The molecule has 0 saturated heterocycles. The molecular weight excluding hydrogens is 228 g/mol. The molecule has 104 valence electrons. The Labute approximate surface area is 110 Å². The van der Waals surface area contributed by atoms with Crippen molar-refractivity contribution in [3.63, 3.8) is 0 Å². The maximum Gasteiger partial charge on any atom is 0.223 e. The van der Waals surface area contributed by atoms with E-state index in [1.165, 1.54) is 0 Å². The number of allylic oxidation sites excluding steroid dienone is 1. The summed E-state index contributed by atoms with van der Waals surface area (Å²) in [5.41, 5.74) is 5.41. The van der Waals surface area contributed by atoms with Gasteiger partial charge in [0.1, 0.15) is 0 Å². The Morgan fingerprint density at radius 2 is 1.89 bits per heavy atom. The van der Waals surface area contributed by atoms with Crippen LogP contribution in [-0.4, -0.2) is 18.9 Å². The fourth-order valence-corrected chi connectivity index (χ4v) is 2.10. The Kier molecular flexibility index (Phi) is 6.66. The molecule has 0 radical (unpaired) electrons. The quantitative estimate of drug-likeness (QED) is 0.681. The zero-order chi connectivity index (χ0) is 14.3. The zero-order valence-electron chi connectivity index (χ0n) is 12.0. The molecule has 0 aromatic heterocycles. The highest BCUT2D eigenvalue weighted by molar-refractivity contribution is 5.86. The minimum absolute atomic E-state index is 0.0287. The van der Waals surface area contributed by atoms with Crippen LogP contribution in [0.5, 0.6) is 0 Å². The van der Waals surface area contributed by atoms with Gasteiger partial charge in [-0.05, 0) is 24.7 Å². The summed E-state index contributed by atoms with van der Waals surface area (Å²) in [5, 5.41) is 2.63. The summed E-state index contributed by atoms with van der Waals surface area (Å²) >= 11 is 0. The van der Waals surface area contributed by atoms with Crippen LogP contribution in [0.1, 0.15) is 40.0 Å². The van der Waals surface area contributed by atoms with E-state index in [9.17, 15) is 9.59 Å². The van der Waals surface area contributed by atoms with Gasteiger partial charge in [0.25, 0.3) is 0 Å². The number of nitrogens with two attached hydrogens (primary N) is 1. The molecular formula is C14H26N2O2. The van der Waals surface area contributed by atoms with Gasteiger partial charge in [0.2, 0.25) is 11.8 Å². The molecule has 0 heterocycles. The van der Waals surface area contributed by atoms with E-state index in [4.69, 9.17) is 5.73 Å². The molecule has 0 aliphatic heterocycles. The van der Waals surface area contributed by atoms with Gasteiger partial charge in [-0.1, -0.05) is 26.8 Å². The molecule has 0 fully saturated rings. The van der Waals surface area contributed by atoms with Crippen LogP contribution in [0.25, 0.3) is 0 Å². The summed E-state index contributed by atoms with van der Waals surface area (Å²) in [6, 6.07) is 0. The fraction of sp³-hybridized carbons (Fsp3) is 0.714. The van der Waals surface area contributed by atoms with Crippen molar-refractivity contribution in [3.05, 3.63) is 12.7 Å². The number of hydrogen-bond acceptors (Lipinski definition) is 2. The smallest absolute Gasteiger partial charge is 0.223 e. The van der Waals surface area contributed by atoms with E-state index in [-0.39, 0.29) is 17.2 Å². The molecule has 3 N–H and O–H groups in total. The highest BCUT2D eigenvalue weighted by atomic mass is 16.2. The van der Waals surface area contributed by atoms with E-state index in [1.807, 2.05) is 0 Å². The van der Waals surface area contributed by atoms with Crippen molar-refractivity contribution in [2.45, 2.75) is 40.0 Å². The number of nitrogens with one attached hydrogen (secondary N) is 1. The highest BCUT2D eigenvalue weighted by Crippen LogP contribution is 2.31. The van der Waals surface area contributed by atoms with Crippen molar-refractivity contribution < 1.29 is 9.59 Å². The second-order valence-corrected chi connectivity index (χ2v) is 5.86. The third-order valence-electron chi connectivity index (χ3n) is 2.95. The standard InChI is InChI=1S/C14H26N2O2/c1-6-7-8-10(12(15)17)11(13(18)16-5)9-14(2,3)4/h6,10-11H,1,7-9H2,2-5H3,(H2,15,17)(H,16,18)/t10-,11?/m0/s1. The molecule has 1 unspecified atom stereocenters. The van der Waals surface area contributed by atoms with Gasteiger partial charge < -0.3 is 11.1 Å². The molecule has 18 heavy (non-hydrogen) atoms. The lowest BCUT2D eigenvalue weighted by atomic mass is 9.76. The Morgan fingerprint density at radius 3 is 2.22 bits per heavy atom. The number of primary amides is 1. The summed E-state index contributed by atoms with van der Waals surface area (Å²) in [4.78, 5) is 23.5. The number of rotatable bonds is 7. The normalized spacial score (nSPS) is 14.7. The SMILES string of the molecule is C=CCC[C@H](C(N)=O)C(CC(C)(C)C)C(=O)NC. The van der Waals surface area contributed by atoms with Gasteiger partial charge in [0, 0.05) is 18.9 Å². The van der Waals surface area contributed by atoms with Gasteiger partial charge in [0.05, 0.1) is 0 Å². The van der Waals surface area contributed by atoms with Crippen molar-refractivity contribution in [2.24, 2.45) is 23.0 Å². The summed E-state index contributed by atoms with van der Waals surface area (Å²) in [5.74, 6) is -1.32. The van der Waals surface area contributed by atoms with E-state index in [0.29, 0.717) is 19.3 Å². The molecule has 2 amide bonds. The first kappa shape index (κ1) is 16.7. The largest absolute Gasteiger partial charge is 0.369 e. The average molecular weight is 254 g/mol. The van der Waals surface area contributed by atoms with Gasteiger partial charge in [-0.25, -0.2) is 0 Å². The molecule has 0 aliphatic carbocycles. The molecule has 0 rings (SSSR count). The van der Waals surface area contributed by atoms with Crippen molar-refractivity contribution in [2.75, 3.05) is 7.05 Å². The topological polar surface area (TPSA) is 72.2 Å². The Balaban J connectivity index is 5.03. The average Bonchev–Trinajstić information content (AvgIpc) is 2.25. The Hall–Kier alpha value is -1.32. The second-order valence-electron chi connectivity index (χ2n) is 5.86. The molecule has 4 nitrogen and oxygen atoms in total. The van der Waals surface area contributed by atoms with Crippen LogP contribution in [0.15, 0.2) is 12.7 Å². The van der Waals surface area contributed by atoms with E-state index in [1.54, 1.807) is 13.1 Å². The van der Waals surface area contributed by atoms with Crippen LogP contribution in [0.2, 0.25) is 0 Å². The summed E-state index contributed by atoms with van der Waals surface area (Å²) in [6.07, 6.45) is 3.64. The Morgan fingerprint density at radius 1 is 1.33 bits per heavy atom. The Bertz CT molecular complexity index is 305. The van der Waals surface area contributed by atoms with E-state index in [2.05, 4.69) is 32.7 Å². The lowest BCUT2D eigenvalue weighted by molar-refractivity contribution is -0.134. The van der Waals surface area contributed by atoms with Crippen molar-refractivity contribution in [3.8, 4) is 0 Å². The van der Waals surface area contributed by atoms with Crippen LogP contribution in [0.4, 0.5) is 0 Å². The molecule has 0 spiro atoms. The van der Waals surface area contributed by atoms with Crippen LogP contribution >= 0.6 is 0 Å².